The van der Waals surface area contributed by atoms with Crippen molar-refractivity contribution in [3.8, 4) is 5.75 Å². The van der Waals surface area contributed by atoms with Crippen LogP contribution in [0.2, 0.25) is 0 Å². The van der Waals surface area contributed by atoms with Gasteiger partial charge in [0.05, 0.1) is 5.56 Å². The van der Waals surface area contributed by atoms with Crippen LogP contribution in [0, 0.1) is 6.61 Å². The van der Waals surface area contributed by atoms with Crippen molar-refractivity contribution < 1.29 is 14.6 Å². The number of esters is 1. The summed E-state index contributed by atoms with van der Waals surface area (Å²) in [7, 11) is 0. The second kappa shape index (κ2) is 3.76. The quantitative estimate of drug-likeness (QED) is 0.679. The van der Waals surface area contributed by atoms with Gasteiger partial charge in [-0.15, -0.1) is 0 Å². The molecule has 0 atom stereocenters. The highest BCUT2D eigenvalue weighted by atomic mass is 16.5. The minimum Gasteiger partial charge on any atom is -0.508 e. The zero-order valence-electron chi connectivity index (χ0n) is 6.65. The molecule has 0 aliphatic rings. The smallest absolute Gasteiger partial charge is 0.338 e. The maximum atomic E-state index is 11.0. The van der Waals surface area contributed by atoms with Crippen LogP contribution in [0.5, 0.6) is 5.75 Å². The summed E-state index contributed by atoms with van der Waals surface area (Å²) in [5.41, 5.74) is 0.422. The molecule has 1 N–H and O–H groups in total. The molecular formula is C9H9O3. The van der Waals surface area contributed by atoms with Gasteiger partial charge < -0.3 is 9.84 Å². The van der Waals surface area contributed by atoms with E-state index in [2.05, 4.69) is 4.74 Å². The molecule has 1 rings (SSSR count). The van der Waals surface area contributed by atoms with E-state index in [-0.39, 0.29) is 5.75 Å². The van der Waals surface area contributed by atoms with Crippen molar-refractivity contribution in [2.75, 3.05) is 0 Å². The molecule has 1 radical (unpaired) electrons. The van der Waals surface area contributed by atoms with Crippen LogP contribution in [0.25, 0.3) is 0 Å². The average molecular weight is 165 g/mol. The summed E-state index contributed by atoms with van der Waals surface area (Å²) in [5, 5.41) is 8.91. The normalized spacial score (nSPS) is 9.42. The zero-order valence-corrected chi connectivity index (χ0v) is 6.65. The van der Waals surface area contributed by atoms with Gasteiger partial charge in [-0.3, -0.25) is 0 Å². The minimum atomic E-state index is -0.419. The van der Waals surface area contributed by atoms with Crippen molar-refractivity contribution in [3.63, 3.8) is 0 Å². The Morgan fingerprint density at radius 2 is 2.00 bits per heavy atom. The van der Waals surface area contributed by atoms with E-state index < -0.39 is 5.97 Å². The number of phenols is 1. The number of hydrogen-bond donors (Lipinski definition) is 1. The largest absolute Gasteiger partial charge is 0.508 e. The van der Waals surface area contributed by atoms with E-state index in [0.717, 1.165) is 0 Å². The zero-order chi connectivity index (χ0) is 8.97. The molecule has 0 unspecified atom stereocenters. The lowest BCUT2D eigenvalue weighted by Crippen LogP contribution is -2.00. The van der Waals surface area contributed by atoms with Crippen molar-refractivity contribution in [1.29, 1.82) is 0 Å². The summed E-state index contributed by atoms with van der Waals surface area (Å²) in [6.07, 6.45) is 0. The molecule has 0 bridgehead atoms. The summed E-state index contributed by atoms with van der Waals surface area (Å²) in [6, 6.07) is 5.88. The molecule has 0 aliphatic heterocycles. The Balaban J connectivity index is 2.75. The van der Waals surface area contributed by atoms with Crippen molar-refractivity contribution in [2.24, 2.45) is 0 Å². The van der Waals surface area contributed by atoms with Crippen molar-refractivity contribution in [2.45, 2.75) is 6.92 Å². The standard InChI is InChI=1S/C9H9O3/c1-2-12-9(11)7-3-5-8(10)6-4-7/h2-6,10H,1H3. The molecule has 0 amide bonds. The van der Waals surface area contributed by atoms with Crippen LogP contribution >= 0.6 is 0 Å². The lowest BCUT2D eigenvalue weighted by atomic mass is 10.2. The van der Waals surface area contributed by atoms with Gasteiger partial charge in [-0.2, -0.15) is 0 Å². The van der Waals surface area contributed by atoms with E-state index in [1.165, 1.54) is 30.9 Å². The lowest BCUT2D eigenvalue weighted by Gasteiger charge is -1.99. The van der Waals surface area contributed by atoms with Gasteiger partial charge in [0, 0.05) is 0 Å². The van der Waals surface area contributed by atoms with Crippen molar-refractivity contribution in [3.05, 3.63) is 36.4 Å². The van der Waals surface area contributed by atoms with Crippen molar-refractivity contribution >= 4 is 5.97 Å². The summed E-state index contributed by atoms with van der Waals surface area (Å²) in [6.45, 7) is 2.94. The van der Waals surface area contributed by atoms with Gasteiger partial charge in [0.15, 0.2) is 0 Å². The van der Waals surface area contributed by atoms with Crippen LogP contribution in [0.4, 0.5) is 0 Å². The second-order valence-corrected chi connectivity index (χ2v) is 2.19. The predicted octanol–water partition coefficient (Wildman–Crippen LogP) is 1.73. The Morgan fingerprint density at radius 1 is 1.42 bits per heavy atom. The average Bonchev–Trinajstić information content (AvgIpc) is 2.06. The van der Waals surface area contributed by atoms with Gasteiger partial charge in [0.2, 0.25) is 0 Å². The van der Waals surface area contributed by atoms with Gasteiger partial charge in [-0.25, -0.2) is 4.79 Å². The molecule has 63 valence electrons. The molecule has 1 aromatic carbocycles. The third kappa shape index (κ3) is 1.99. The van der Waals surface area contributed by atoms with Crippen LogP contribution in [-0.2, 0) is 4.74 Å². The summed E-state index contributed by atoms with van der Waals surface area (Å²) in [5.74, 6) is -0.287. The third-order valence-corrected chi connectivity index (χ3v) is 1.33. The molecule has 1 aromatic rings. The number of hydrogen-bond acceptors (Lipinski definition) is 3. The monoisotopic (exact) mass is 165 g/mol. The minimum absolute atomic E-state index is 0.132. The van der Waals surface area contributed by atoms with Crippen molar-refractivity contribution in [1.82, 2.24) is 0 Å². The van der Waals surface area contributed by atoms with Crippen LogP contribution in [0.3, 0.4) is 0 Å². The maximum absolute atomic E-state index is 11.0. The number of phenolic OH excluding ortho intramolecular Hbond substituents is 1. The second-order valence-electron chi connectivity index (χ2n) is 2.19. The molecule has 0 aliphatic carbocycles. The Kier molecular flexibility index (Phi) is 2.69. The number of rotatable bonds is 2. The fourth-order valence-electron chi connectivity index (χ4n) is 0.773. The summed E-state index contributed by atoms with van der Waals surface area (Å²) >= 11 is 0. The SMILES string of the molecule is C[CH]OC(=O)c1ccc(O)cc1. The van der Waals surface area contributed by atoms with Gasteiger partial charge in [0.1, 0.15) is 12.4 Å². The van der Waals surface area contributed by atoms with Gasteiger partial charge in [-0.1, -0.05) is 0 Å². The summed E-state index contributed by atoms with van der Waals surface area (Å²) < 4.78 is 4.62. The van der Waals surface area contributed by atoms with Gasteiger partial charge in [-0.05, 0) is 31.2 Å². The molecule has 3 nitrogen and oxygen atoms in total. The van der Waals surface area contributed by atoms with Gasteiger partial charge in [0.25, 0.3) is 0 Å². The highest BCUT2D eigenvalue weighted by Crippen LogP contribution is 2.10. The van der Waals surface area contributed by atoms with E-state index in [1.54, 1.807) is 6.92 Å². The molecule has 0 spiro atoms. The molecule has 0 saturated heterocycles. The Labute approximate surface area is 70.6 Å². The molecule has 3 heteroatoms. The topological polar surface area (TPSA) is 46.5 Å². The first-order valence-electron chi connectivity index (χ1n) is 3.52. The maximum Gasteiger partial charge on any atom is 0.338 e. The predicted molar refractivity (Wildman–Crippen MR) is 43.5 cm³/mol. The molecular weight excluding hydrogens is 156 g/mol. The number of aromatic hydroxyl groups is 1. The number of benzene rings is 1. The van der Waals surface area contributed by atoms with Crippen LogP contribution < -0.4 is 0 Å². The van der Waals surface area contributed by atoms with E-state index in [9.17, 15) is 4.79 Å². The van der Waals surface area contributed by atoms with E-state index in [4.69, 9.17) is 5.11 Å². The fourth-order valence-corrected chi connectivity index (χ4v) is 0.773. The Morgan fingerprint density at radius 3 is 2.50 bits per heavy atom. The van der Waals surface area contributed by atoms with Crippen LogP contribution in [0.1, 0.15) is 17.3 Å². The fraction of sp³-hybridized carbons (Fsp3) is 0.111. The molecule has 0 aromatic heterocycles. The first-order chi connectivity index (χ1) is 5.74. The highest BCUT2D eigenvalue weighted by molar-refractivity contribution is 5.89. The van der Waals surface area contributed by atoms with E-state index >= 15 is 0 Å². The highest BCUT2D eigenvalue weighted by Gasteiger charge is 2.04. The number of carbonyl (C=O) groups excluding carboxylic acids is 1. The van der Waals surface area contributed by atoms with Crippen LogP contribution in [-0.4, -0.2) is 11.1 Å². The van der Waals surface area contributed by atoms with Crippen LogP contribution in [0.15, 0.2) is 24.3 Å². The first kappa shape index (κ1) is 8.59. The molecule has 12 heavy (non-hydrogen) atoms. The molecule has 0 fully saturated rings. The van der Waals surface area contributed by atoms with E-state index in [1.807, 2.05) is 0 Å². The van der Waals surface area contributed by atoms with E-state index in [0.29, 0.717) is 5.56 Å². The molecule has 0 heterocycles. The number of ether oxygens (including phenoxy) is 1. The van der Waals surface area contributed by atoms with Gasteiger partial charge >= 0.3 is 5.97 Å². The Hall–Kier alpha value is -1.51. The third-order valence-electron chi connectivity index (χ3n) is 1.33. The first-order valence-corrected chi connectivity index (χ1v) is 3.52. The summed E-state index contributed by atoms with van der Waals surface area (Å²) in [4.78, 5) is 11.0. The number of carbonyl (C=O) groups is 1. The lowest BCUT2D eigenvalue weighted by molar-refractivity contribution is 0.0612. The Bertz CT molecular complexity index is 264. The molecule has 0 saturated carbocycles.